The number of fused-ring (bicyclic) bond motifs is 32. The third-order valence-electron chi connectivity index (χ3n) is 13.0. The van der Waals surface area contributed by atoms with Gasteiger partial charge in [-0.2, -0.15) is 0 Å². The van der Waals surface area contributed by atoms with E-state index < -0.39 is 297 Å². The van der Waals surface area contributed by atoms with Gasteiger partial charge < -0.3 is 201 Å². The first kappa shape index (κ1) is 79.6. The molecule has 22 unspecified atom stereocenters. The molecule has 1 saturated heterocycles. The van der Waals surface area contributed by atoms with Gasteiger partial charge in [0.2, 0.25) is 31.5 Å². The second-order valence-corrected chi connectivity index (χ2v) is 19.2. The number of hydrogen-bond donors (Lipinski definition) is 31. The molecular formula is C48H84O40. The molecule has 40 heteroatoms. The molecule has 23 atom stereocenters. The fourth-order valence-corrected chi connectivity index (χ4v) is 8.17. The van der Waals surface area contributed by atoms with Crippen molar-refractivity contribution in [3.8, 4) is 0 Å². The van der Waals surface area contributed by atoms with E-state index in [1.54, 1.807) is 0 Å². The van der Waals surface area contributed by atoms with Crippen LogP contribution in [0.3, 0.4) is 0 Å². The molecule has 0 spiro atoms. The first-order chi connectivity index (χ1) is 41.4. The number of aliphatic hydroxyl groups is 31. The Morgan fingerprint density at radius 1 is 0.227 bits per heavy atom. The predicted octanol–water partition coefficient (Wildman–Crippen LogP) is -9.49. The summed E-state index contributed by atoms with van der Waals surface area (Å²) in [4.78, 5) is 0. The van der Waals surface area contributed by atoms with Gasteiger partial charge in [0.05, 0.1) is 18.8 Å². The third kappa shape index (κ3) is 22.1. The van der Waals surface area contributed by atoms with Crippen molar-refractivity contribution in [3.63, 3.8) is 0 Å². The highest BCUT2D eigenvalue weighted by Crippen LogP contribution is 2.31. The first-order valence-corrected chi connectivity index (χ1v) is 26.6. The molecule has 0 saturated carbocycles. The smallest absolute Gasteiger partial charge is 0.218 e. The minimum atomic E-state index is -2.89. The molecule has 0 amide bonds. The van der Waals surface area contributed by atoms with E-state index in [1.807, 2.05) is 0 Å². The van der Waals surface area contributed by atoms with Crippen molar-refractivity contribution in [2.45, 2.75) is 187 Å². The van der Waals surface area contributed by atoms with Crippen LogP contribution in [-0.2, 0) is 42.6 Å². The Balaban J connectivity index is 2.83. The van der Waals surface area contributed by atoms with Gasteiger partial charge in [0.1, 0.15) is 79.4 Å². The summed E-state index contributed by atoms with van der Waals surface area (Å²) >= 11 is 0. The predicted molar refractivity (Wildman–Crippen MR) is 276 cm³/mol. The van der Waals surface area contributed by atoms with Crippen LogP contribution in [0, 0.1) is 0 Å². The van der Waals surface area contributed by atoms with E-state index in [9.17, 15) is 158 Å². The molecule has 0 aromatic carbocycles. The Morgan fingerprint density at radius 3 is 0.773 bits per heavy atom. The summed E-state index contributed by atoms with van der Waals surface area (Å²) < 4.78 is 46.4. The Labute approximate surface area is 497 Å². The molecule has 3 aliphatic heterocycles. The maximum Gasteiger partial charge on any atom is 0.218 e. The number of aliphatic hydroxyl groups excluding tert-OH is 31. The zero-order valence-electron chi connectivity index (χ0n) is 46.4. The average molecular weight is 1300 g/mol. The quantitative estimate of drug-likeness (QED) is 0.0724. The average Bonchev–Trinajstić information content (AvgIpc) is 1.09. The lowest BCUT2D eigenvalue weighted by molar-refractivity contribution is -0.329. The van der Waals surface area contributed by atoms with E-state index in [1.165, 1.54) is 0 Å². The molecule has 0 aromatic heterocycles. The molecule has 516 valence electrons. The zero-order chi connectivity index (χ0) is 67.0. The topological polar surface area (TPSA) is 710 Å². The maximum atomic E-state index is 11.1. The molecule has 3 heterocycles. The molecule has 88 heavy (non-hydrogen) atoms. The highest BCUT2D eigenvalue weighted by molar-refractivity contribution is 5.13. The Hall–Kier alpha value is -4.50. The molecule has 0 aliphatic carbocycles. The molecule has 40 nitrogen and oxygen atoms in total. The fraction of sp³-hybridized carbons (Fsp3) is 0.792. The van der Waals surface area contributed by atoms with E-state index in [-0.39, 0.29) is 0 Å². The molecule has 0 radical (unpaired) electrons. The highest BCUT2D eigenvalue weighted by Gasteiger charge is 2.49. The lowest BCUT2D eigenvalue weighted by atomic mass is 9.98. The van der Waals surface area contributed by atoms with E-state index in [4.69, 9.17) is 42.6 Å². The lowest BCUT2D eigenvalue weighted by Crippen LogP contribution is -2.61. The largest absolute Gasteiger partial charge is 0.506 e. The van der Waals surface area contributed by atoms with E-state index in [2.05, 4.69) is 0 Å². The molecule has 3 rings (SSSR count). The zero-order valence-corrected chi connectivity index (χ0v) is 46.4. The van der Waals surface area contributed by atoms with Crippen LogP contribution in [0.15, 0.2) is 57.6 Å². The van der Waals surface area contributed by atoms with Gasteiger partial charge in [-0.05, 0) is 12.8 Å². The van der Waals surface area contributed by atoms with Crippen molar-refractivity contribution in [1.82, 2.24) is 0 Å². The molecular weight excluding hydrogens is 1220 g/mol. The summed E-state index contributed by atoms with van der Waals surface area (Å²) in [7, 11) is 0. The van der Waals surface area contributed by atoms with Crippen LogP contribution < -0.4 is 0 Å². The summed E-state index contributed by atoms with van der Waals surface area (Å²) in [6.45, 7) is -8.20. The maximum absolute atomic E-state index is 11.1. The molecule has 1 fully saturated rings. The highest BCUT2D eigenvalue weighted by atomic mass is 16.7. The summed E-state index contributed by atoms with van der Waals surface area (Å²) in [6.07, 6.45) is -63.0. The molecule has 2 bridgehead atoms. The van der Waals surface area contributed by atoms with Gasteiger partial charge in [-0.1, -0.05) is 0 Å². The van der Waals surface area contributed by atoms with Crippen LogP contribution in [-0.4, -0.2) is 353 Å². The molecule has 31 N–H and O–H groups in total. The van der Waals surface area contributed by atoms with Crippen LogP contribution in [0.25, 0.3) is 0 Å². The standard InChI is InChI=1S/C48H84O40/c49-8-1-16-24(57)32(65)41(73)81-17(2-9-50)25(58)34(67)43(75)83-19(4-11-52)27(60)36(69)45(77)85-21(6-13-54)29(62)38(71)47(79)88-40-23(15-56)87-48(39(72)31(40)64)86-22(7-14-55)30(63)37(70)46(78)84-20(5-12-53)28(61)35(68)44(76)82-18(3-10-51)26(59)33(66)42(74)80-16/h16-23,25,28,31,34-35,39-79H,1-15H2/b32-24-,33-26+,36-27+,37-30-,38-29-/t16?,17?,18?,19-,20?,21?,22?,23?,25?,28?,31?,34?,35?,39?,40?,41?,42?,43?,44?,45?,46?,47?,48?/m1/s1. The van der Waals surface area contributed by atoms with Gasteiger partial charge >= 0.3 is 0 Å². The van der Waals surface area contributed by atoms with Gasteiger partial charge in [0.15, 0.2) is 76.5 Å². The van der Waals surface area contributed by atoms with Crippen molar-refractivity contribution >= 4 is 0 Å². The summed E-state index contributed by atoms with van der Waals surface area (Å²) in [5, 5.41) is 328. The SMILES string of the molecule is OCCC1OC(O)/C(O)=C(\O)C(CCO)OC(O)C(O)C(O)C(CCO)OC(O)/C(O)=C(/O)C(CCO)OC2OC(CO)C(OC(O)/C(O)=C(/O)C(CCO)OC(O)/C(O)=C(\O)[C@@H](CCO)OC(O)C(O)C(O)C(CCO)OC(O)/C(O)=C\1O)C(O)C2O. The van der Waals surface area contributed by atoms with Crippen molar-refractivity contribution in [2.24, 2.45) is 0 Å². The summed E-state index contributed by atoms with van der Waals surface area (Å²) in [6, 6.07) is 0. The summed E-state index contributed by atoms with van der Waals surface area (Å²) in [5.41, 5.74) is 0. The van der Waals surface area contributed by atoms with Crippen LogP contribution in [0.2, 0.25) is 0 Å². The van der Waals surface area contributed by atoms with E-state index in [0.29, 0.717) is 0 Å². The first-order valence-electron chi connectivity index (χ1n) is 26.6. The van der Waals surface area contributed by atoms with Crippen LogP contribution in [0.1, 0.15) is 44.9 Å². The van der Waals surface area contributed by atoms with Crippen molar-refractivity contribution in [1.29, 1.82) is 0 Å². The van der Waals surface area contributed by atoms with E-state index in [0.717, 1.165) is 0 Å². The Bertz CT molecular complexity index is 2180. The Kier molecular flexibility index (Phi) is 35.3. The lowest BCUT2D eigenvalue weighted by Gasteiger charge is -2.43. The van der Waals surface area contributed by atoms with Crippen molar-refractivity contribution in [2.75, 3.05) is 52.9 Å². The van der Waals surface area contributed by atoms with Gasteiger partial charge in [0, 0.05) is 78.4 Å². The second kappa shape index (κ2) is 39.0. The Morgan fingerprint density at radius 2 is 0.489 bits per heavy atom. The van der Waals surface area contributed by atoms with Gasteiger partial charge in [0.25, 0.3) is 0 Å². The monoisotopic (exact) mass is 1300 g/mol. The van der Waals surface area contributed by atoms with Crippen LogP contribution in [0.5, 0.6) is 0 Å². The van der Waals surface area contributed by atoms with Crippen LogP contribution in [0.4, 0.5) is 0 Å². The third-order valence-corrected chi connectivity index (χ3v) is 13.0. The van der Waals surface area contributed by atoms with Crippen molar-refractivity contribution < 1.29 is 201 Å². The van der Waals surface area contributed by atoms with E-state index >= 15 is 0 Å². The van der Waals surface area contributed by atoms with Crippen molar-refractivity contribution in [3.05, 3.63) is 57.6 Å². The van der Waals surface area contributed by atoms with Gasteiger partial charge in [-0.3, -0.25) is 0 Å². The summed E-state index contributed by atoms with van der Waals surface area (Å²) in [5.74, 6) is -16.1. The normalized spacial score (nSPS) is 41.9. The number of hydrogen-bond acceptors (Lipinski definition) is 40. The minimum absolute atomic E-state index is 0.793. The van der Waals surface area contributed by atoms with Gasteiger partial charge in [-0.15, -0.1) is 0 Å². The number of ether oxygens (including phenoxy) is 9. The van der Waals surface area contributed by atoms with Crippen LogP contribution >= 0.6 is 0 Å². The fourth-order valence-electron chi connectivity index (χ4n) is 8.17. The molecule has 3 aliphatic rings. The second-order valence-electron chi connectivity index (χ2n) is 19.2. The molecule has 0 aromatic rings. The minimum Gasteiger partial charge on any atom is -0.506 e. The van der Waals surface area contributed by atoms with Gasteiger partial charge in [-0.25, -0.2) is 0 Å². The number of rotatable bonds is 15.